The summed E-state index contributed by atoms with van der Waals surface area (Å²) < 4.78 is 6.34. The van der Waals surface area contributed by atoms with E-state index in [9.17, 15) is 0 Å². The molecule has 0 atom stereocenters. The van der Waals surface area contributed by atoms with E-state index in [0.717, 1.165) is 32.6 Å². The van der Waals surface area contributed by atoms with E-state index in [0.29, 0.717) is 6.54 Å². The van der Waals surface area contributed by atoms with Crippen LogP contribution in [-0.4, -0.2) is 17.1 Å². The summed E-state index contributed by atoms with van der Waals surface area (Å²) in [5.74, 6) is 0.798. The van der Waals surface area contributed by atoms with Crippen molar-refractivity contribution in [3.05, 3.63) is 58.8 Å². The average molecular weight is 344 g/mol. The molecule has 0 aliphatic heterocycles. The Hall–Kier alpha value is -2.14. The number of rotatable bonds is 4. The minimum Gasteiger partial charge on any atom is -0.495 e. The fourth-order valence-electron chi connectivity index (χ4n) is 2.08. The third-order valence-electron chi connectivity index (χ3n) is 3.12. The number of halogens is 1. The first-order valence-electron chi connectivity index (χ1n) is 6.54. The molecule has 4 nitrogen and oxygen atoms in total. The largest absolute Gasteiger partial charge is 0.495 e. The summed E-state index contributed by atoms with van der Waals surface area (Å²) in [6, 6.07) is 13.7. The number of hydrogen-bond donors (Lipinski definition) is 1. The van der Waals surface area contributed by atoms with Gasteiger partial charge in [0.15, 0.2) is 0 Å². The van der Waals surface area contributed by atoms with E-state index in [4.69, 9.17) is 4.74 Å². The normalized spacial score (nSPS) is 10.6. The zero-order chi connectivity index (χ0) is 14.7. The van der Waals surface area contributed by atoms with Crippen molar-refractivity contribution in [1.29, 1.82) is 0 Å². The standard InChI is InChI=1S/C16H14BrN3O/c1-21-16-7-6-11(17)8-15(16)19-10-12-9-18-13-4-2-3-5-14(13)20-12/h2-9,19H,10H2,1H3. The summed E-state index contributed by atoms with van der Waals surface area (Å²) in [5.41, 5.74) is 3.61. The number of methoxy groups -OCH3 is 1. The summed E-state index contributed by atoms with van der Waals surface area (Å²) in [7, 11) is 1.66. The number of hydrogen-bond acceptors (Lipinski definition) is 4. The van der Waals surface area contributed by atoms with Crippen LogP contribution in [-0.2, 0) is 6.54 Å². The highest BCUT2D eigenvalue weighted by Crippen LogP contribution is 2.28. The molecule has 1 heterocycles. The van der Waals surface area contributed by atoms with E-state index in [-0.39, 0.29) is 0 Å². The van der Waals surface area contributed by atoms with Gasteiger partial charge in [-0.3, -0.25) is 4.98 Å². The monoisotopic (exact) mass is 343 g/mol. The predicted octanol–water partition coefficient (Wildman–Crippen LogP) is 4.01. The zero-order valence-corrected chi connectivity index (χ0v) is 13.1. The van der Waals surface area contributed by atoms with Gasteiger partial charge < -0.3 is 10.1 Å². The van der Waals surface area contributed by atoms with Gasteiger partial charge in [0.25, 0.3) is 0 Å². The van der Waals surface area contributed by atoms with Gasteiger partial charge >= 0.3 is 0 Å². The Morgan fingerprint density at radius 1 is 1.14 bits per heavy atom. The first kappa shape index (κ1) is 13.8. The van der Waals surface area contributed by atoms with E-state index >= 15 is 0 Å². The van der Waals surface area contributed by atoms with E-state index in [2.05, 4.69) is 31.2 Å². The Morgan fingerprint density at radius 2 is 1.95 bits per heavy atom. The molecule has 3 rings (SSSR count). The first-order chi connectivity index (χ1) is 10.3. The molecule has 0 saturated heterocycles. The molecule has 0 fully saturated rings. The number of anilines is 1. The molecule has 0 radical (unpaired) electrons. The quantitative estimate of drug-likeness (QED) is 0.777. The van der Waals surface area contributed by atoms with Crippen LogP contribution < -0.4 is 10.1 Å². The molecule has 0 saturated carbocycles. The molecule has 3 aromatic rings. The van der Waals surface area contributed by atoms with Crippen LogP contribution in [0.1, 0.15) is 5.69 Å². The van der Waals surface area contributed by atoms with Crippen molar-refractivity contribution in [2.45, 2.75) is 6.54 Å². The Labute approximate surface area is 131 Å². The molecule has 0 amide bonds. The van der Waals surface area contributed by atoms with Crippen LogP contribution in [0.25, 0.3) is 11.0 Å². The molecular formula is C16H14BrN3O. The maximum Gasteiger partial charge on any atom is 0.142 e. The lowest BCUT2D eigenvalue weighted by Crippen LogP contribution is -2.04. The Kier molecular flexibility index (Phi) is 4.01. The topological polar surface area (TPSA) is 47.0 Å². The van der Waals surface area contributed by atoms with Crippen LogP contribution >= 0.6 is 15.9 Å². The second-order valence-electron chi connectivity index (χ2n) is 4.55. The summed E-state index contributed by atoms with van der Waals surface area (Å²) in [6.45, 7) is 0.588. The van der Waals surface area contributed by atoms with Gasteiger partial charge in [0.05, 0.1) is 42.3 Å². The SMILES string of the molecule is COc1ccc(Br)cc1NCc1cnc2ccccc2n1. The highest BCUT2D eigenvalue weighted by atomic mass is 79.9. The number of aromatic nitrogens is 2. The lowest BCUT2D eigenvalue weighted by atomic mass is 10.2. The van der Waals surface area contributed by atoms with Crippen molar-refractivity contribution in [1.82, 2.24) is 9.97 Å². The fourth-order valence-corrected chi connectivity index (χ4v) is 2.45. The number of para-hydroxylation sites is 2. The number of nitrogens with zero attached hydrogens (tertiary/aromatic N) is 2. The van der Waals surface area contributed by atoms with Crippen molar-refractivity contribution >= 4 is 32.7 Å². The fraction of sp³-hybridized carbons (Fsp3) is 0.125. The van der Waals surface area contributed by atoms with Crippen molar-refractivity contribution in [2.75, 3.05) is 12.4 Å². The Bertz CT molecular complexity index is 776. The number of nitrogens with one attached hydrogen (secondary N) is 1. The van der Waals surface area contributed by atoms with Crippen molar-refractivity contribution in [2.24, 2.45) is 0 Å². The van der Waals surface area contributed by atoms with Gasteiger partial charge in [0.1, 0.15) is 5.75 Å². The van der Waals surface area contributed by atoms with Crippen LogP contribution in [0.3, 0.4) is 0 Å². The molecule has 0 bridgehead atoms. The summed E-state index contributed by atoms with van der Waals surface area (Å²) in [5, 5.41) is 3.33. The molecule has 1 N–H and O–H groups in total. The molecular weight excluding hydrogens is 330 g/mol. The molecule has 21 heavy (non-hydrogen) atoms. The molecule has 0 aliphatic carbocycles. The van der Waals surface area contributed by atoms with Gasteiger partial charge in [-0.05, 0) is 30.3 Å². The molecule has 106 valence electrons. The molecule has 0 spiro atoms. The maximum atomic E-state index is 5.34. The van der Waals surface area contributed by atoms with Gasteiger partial charge in [-0.1, -0.05) is 28.1 Å². The molecule has 0 aliphatic rings. The van der Waals surface area contributed by atoms with E-state index in [1.165, 1.54) is 0 Å². The predicted molar refractivity (Wildman–Crippen MR) is 87.6 cm³/mol. The second kappa shape index (κ2) is 6.10. The highest BCUT2D eigenvalue weighted by molar-refractivity contribution is 9.10. The van der Waals surface area contributed by atoms with Gasteiger partial charge in [0, 0.05) is 4.47 Å². The molecule has 0 unspecified atom stereocenters. The summed E-state index contributed by atoms with van der Waals surface area (Å²) in [4.78, 5) is 9.00. The van der Waals surface area contributed by atoms with E-state index in [1.54, 1.807) is 13.3 Å². The van der Waals surface area contributed by atoms with Crippen LogP contribution in [0, 0.1) is 0 Å². The third-order valence-corrected chi connectivity index (χ3v) is 3.61. The minimum absolute atomic E-state index is 0.588. The van der Waals surface area contributed by atoms with Crippen LogP contribution in [0.4, 0.5) is 5.69 Å². The lowest BCUT2D eigenvalue weighted by Gasteiger charge is -2.11. The lowest BCUT2D eigenvalue weighted by molar-refractivity contribution is 0.416. The van der Waals surface area contributed by atoms with Crippen molar-refractivity contribution in [3.8, 4) is 5.75 Å². The third kappa shape index (κ3) is 3.13. The first-order valence-corrected chi connectivity index (χ1v) is 7.33. The molecule has 2 aromatic carbocycles. The average Bonchev–Trinajstić information content (AvgIpc) is 2.53. The van der Waals surface area contributed by atoms with E-state index < -0.39 is 0 Å². The Morgan fingerprint density at radius 3 is 2.76 bits per heavy atom. The molecule has 1 aromatic heterocycles. The number of benzene rings is 2. The second-order valence-corrected chi connectivity index (χ2v) is 5.46. The van der Waals surface area contributed by atoms with Gasteiger partial charge in [-0.15, -0.1) is 0 Å². The number of ether oxygens (including phenoxy) is 1. The van der Waals surface area contributed by atoms with Gasteiger partial charge in [-0.25, -0.2) is 4.98 Å². The van der Waals surface area contributed by atoms with Crippen molar-refractivity contribution < 1.29 is 4.74 Å². The zero-order valence-electron chi connectivity index (χ0n) is 11.5. The minimum atomic E-state index is 0.588. The van der Waals surface area contributed by atoms with Crippen LogP contribution in [0.2, 0.25) is 0 Å². The summed E-state index contributed by atoms with van der Waals surface area (Å²) in [6.07, 6.45) is 1.79. The molecule has 5 heteroatoms. The summed E-state index contributed by atoms with van der Waals surface area (Å²) >= 11 is 3.46. The Balaban J connectivity index is 1.81. The van der Waals surface area contributed by atoms with Crippen LogP contribution in [0.5, 0.6) is 5.75 Å². The number of fused-ring (bicyclic) bond motifs is 1. The van der Waals surface area contributed by atoms with Crippen molar-refractivity contribution in [3.63, 3.8) is 0 Å². The maximum absolute atomic E-state index is 5.34. The van der Waals surface area contributed by atoms with Crippen LogP contribution in [0.15, 0.2) is 53.1 Å². The smallest absolute Gasteiger partial charge is 0.142 e. The van der Waals surface area contributed by atoms with E-state index in [1.807, 2.05) is 42.5 Å². The van der Waals surface area contributed by atoms with Gasteiger partial charge in [-0.2, -0.15) is 0 Å². The highest BCUT2D eigenvalue weighted by Gasteiger charge is 2.05. The van der Waals surface area contributed by atoms with Gasteiger partial charge in [0.2, 0.25) is 0 Å².